The number of aromatic nitrogens is 1. The van der Waals surface area contributed by atoms with E-state index in [2.05, 4.69) is 24.1 Å². The molecule has 2 aromatic carbocycles. The number of ether oxygens (including phenoxy) is 2. The van der Waals surface area contributed by atoms with Crippen LogP contribution in [0.5, 0.6) is 17.2 Å². The van der Waals surface area contributed by atoms with E-state index in [1.807, 2.05) is 24.3 Å². The zero-order valence-electron chi connectivity index (χ0n) is 17.8. The smallest absolute Gasteiger partial charge is 0.354 e. The van der Waals surface area contributed by atoms with Crippen LogP contribution < -0.4 is 14.8 Å². The Morgan fingerprint density at radius 3 is 2.38 bits per heavy atom. The minimum Gasteiger partial charge on any atom is -0.494 e. The van der Waals surface area contributed by atoms with Crippen LogP contribution in [-0.2, 0) is 6.54 Å². The summed E-state index contributed by atoms with van der Waals surface area (Å²) in [6.07, 6.45) is 2.45. The first-order valence-corrected chi connectivity index (χ1v) is 10.9. The van der Waals surface area contributed by atoms with Gasteiger partial charge in [-0.3, -0.25) is 0 Å². The average Bonchev–Trinajstić information content (AvgIpc) is 2.76. The van der Waals surface area contributed by atoms with Crippen LogP contribution in [0.2, 0.25) is 10.0 Å². The zero-order chi connectivity index (χ0) is 23.1. The number of carbonyl (C=O) groups is 1. The molecule has 0 aliphatic heterocycles. The molecule has 3 rings (SSSR count). The van der Waals surface area contributed by atoms with Gasteiger partial charge in [-0.25, -0.2) is 9.78 Å². The van der Waals surface area contributed by atoms with Crippen LogP contribution in [0.15, 0.2) is 54.7 Å². The highest BCUT2D eigenvalue weighted by atomic mass is 35.5. The van der Waals surface area contributed by atoms with Crippen LogP contribution in [0.3, 0.4) is 0 Å². The van der Waals surface area contributed by atoms with Crippen LogP contribution >= 0.6 is 23.2 Å². The fourth-order valence-corrected chi connectivity index (χ4v) is 3.11. The maximum Gasteiger partial charge on any atom is 0.354 e. The van der Waals surface area contributed by atoms with Crippen LogP contribution in [0.1, 0.15) is 36.3 Å². The Kier molecular flexibility index (Phi) is 8.20. The van der Waals surface area contributed by atoms with Gasteiger partial charge in [0.2, 0.25) is 0 Å². The lowest BCUT2D eigenvalue weighted by molar-refractivity contribution is 0.0690. The van der Waals surface area contributed by atoms with Gasteiger partial charge in [0.25, 0.3) is 0 Å². The molecule has 6 nitrogen and oxygen atoms in total. The molecule has 2 N–H and O–H groups in total. The second-order valence-corrected chi connectivity index (χ2v) is 8.38. The normalized spacial score (nSPS) is 10.8. The molecule has 0 spiro atoms. The molecule has 8 heteroatoms. The highest BCUT2D eigenvalue weighted by Gasteiger charge is 2.11. The number of aromatic carboxylic acids is 1. The van der Waals surface area contributed by atoms with Crippen molar-refractivity contribution in [2.75, 3.05) is 11.9 Å². The number of carboxylic acid groups (broad SMARTS) is 1. The summed E-state index contributed by atoms with van der Waals surface area (Å²) in [5.74, 6) is 1.48. The summed E-state index contributed by atoms with van der Waals surface area (Å²) < 4.78 is 11.8. The number of carboxylic acids is 1. The summed E-state index contributed by atoms with van der Waals surface area (Å²) in [6, 6.07) is 13.9. The Balaban J connectivity index is 1.69. The Hall–Kier alpha value is -2.96. The second kappa shape index (κ2) is 11.1. The van der Waals surface area contributed by atoms with Gasteiger partial charge in [-0.15, -0.1) is 0 Å². The summed E-state index contributed by atoms with van der Waals surface area (Å²) >= 11 is 12.4. The molecular formula is C24H24Cl2N2O4. The van der Waals surface area contributed by atoms with Crippen molar-refractivity contribution in [1.29, 1.82) is 0 Å². The highest BCUT2D eigenvalue weighted by molar-refractivity contribution is 6.42. The molecule has 1 heterocycles. The van der Waals surface area contributed by atoms with Crippen molar-refractivity contribution in [1.82, 2.24) is 4.98 Å². The molecule has 0 aliphatic carbocycles. The quantitative estimate of drug-likeness (QED) is 0.332. The van der Waals surface area contributed by atoms with Crippen LogP contribution in [0.4, 0.5) is 5.69 Å². The summed E-state index contributed by atoms with van der Waals surface area (Å²) in [5, 5.41) is 12.9. The third-order valence-electron chi connectivity index (χ3n) is 4.58. The predicted molar refractivity (Wildman–Crippen MR) is 126 cm³/mol. The zero-order valence-corrected chi connectivity index (χ0v) is 19.3. The van der Waals surface area contributed by atoms with Gasteiger partial charge in [0.1, 0.15) is 22.9 Å². The van der Waals surface area contributed by atoms with Gasteiger partial charge in [-0.2, -0.15) is 0 Å². The molecule has 0 fully saturated rings. The first kappa shape index (κ1) is 23.7. The number of rotatable bonds is 10. The van der Waals surface area contributed by atoms with Crippen LogP contribution in [0, 0.1) is 5.92 Å². The molecule has 0 aliphatic rings. The fraction of sp³-hybridized carbons (Fsp3) is 0.250. The third kappa shape index (κ3) is 6.77. The van der Waals surface area contributed by atoms with E-state index in [9.17, 15) is 4.79 Å². The molecule has 0 saturated carbocycles. The van der Waals surface area contributed by atoms with Gasteiger partial charge in [0.05, 0.1) is 28.5 Å². The van der Waals surface area contributed by atoms with Crippen molar-refractivity contribution in [3.8, 4) is 17.2 Å². The molecule has 1 aromatic heterocycles. The van der Waals surface area contributed by atoms with Crippen LogP contribution in [-0.4, -0.2) is 22.7 Å². The number of anilines is 1. The maximum atomic E-state index is 10.9. The standard InChI is InChI=1S/C24H24Cl2N2O4/c1-15(2)9-10-31-18-4-6-19(7-5-18)32-23-12-21(26)20(25)11-16(23)13-27-17-3-8-22(24(29)30)28-14-17/h3-8,11-12,14-15,27H,9-10,13H2,1-2H3,(H,29,30). The molecule has 168 valence electrons. The SMILES string of the molecule is CC(C)CCOc1ccc(Oc2cc(Cl)c(Cl)cc2CNc2ccc(C(=O)O)nc2)cc1. The largest absolute Gasteiger partial charge is 0.494 e. The number of hydrogen-bond acceptors (Lipinski definition) is 5. The van der Waals surface area contributed by atoms with E-state index in [4.69, 9.17) is 37.8 Å². The van der Waals surface area contributed by atoms with Crippen molar-refractivity contribution < 1.29 is 19.4 Å². The lowest BCUT2D eigenvalue weighted by atomic mass is 10.1. The minimum atomic E-state index is -1.08. The molecule has 0 unspecified atom stereocenters. The van der Waals surface area contributed by atoms with E-state index < -0.39 is 5.97 Å². The van der Waals surface area contributed by atoms with Gasteiger partial charge in [-0.1, -0.05) is 37.0 Å². The predicted octanol–water partition coefficient (Wildman–Crippen LogP) is 6.92. The Bertz CT molecular complexity index is 1050. The Labute approximate surface area is 197 Å². The van der Waals surface area contributed by atoms with Gasteiger partial charge >= 0.3 is 5.97 Å². The first-order valence-electron chi connectivity index (χ1n) is 10.1. The molecule has 0 radical (unpaired) electrons. The van der Waals surface area contributed by atoms with Gasteiger partial charge in [0, 0.05) is 18.2 Å². The Morgan fingerprint density at radius 2 is 1.75 bits per heavy atom. The van der Waals surface area contributed by atoms with Crippen molar-refractivity contribution in [3.63, 3.8) is 0 Å². The fourth-order valence-electron chi connectivity index (χ4n) is 2.77. The van der Waals surface area contributed by atoms with Gasteiger partial charge in [-0.05, 0) is 54.8 Å². The Morgan fingerprint density at radius 1 is 1.06 bits per heavy atom. The van der Waals surface area contributed by atoms with Crippen molar-refractivity contribution in [3.05, 3.63) is 76.0 Å². The van der Waals surface area contributed by atoms with E-state index in [1.54, 1.807) is 18.2 Å². The summed E-state index contributed by atoms with van der Waals surface area (Å²) in [6.45, 7) is 5.36. The number of nitrogens with one attached hydrogen (secondary N) is 1. The van der Waals surface area contributed by atoms with Crippen molar-refractivity contribution >= 4 is 34.9 Å². The van der Waals surface area contributed by atoms with Crippen molar-refractivity contribution in [2.24, 2.45) is 5.92 Å². The van der Waals surface area contributed by atoms with E-state index in [0.717, 1.165) is 17.7 Å². The molecule has 0 bridgehead atoms. The summed E-state index contributed by atoms with van der Waals surface area (Å²) in [4.78, 5) is 14.8. The van der Waals surface area contributed by atoms with Gasteiger partial charge in [0.15, 0.2) is 0 Å². The lowest BCUT2D eigenvalue weighted by Gasteiger charge is -2.15. The van der Waals surface area contributed by atoms with E-state index >= 15 is 0 Å². The number of pyridine rings is 1. The molecular weight excluding hydrogens is 451 g/mol. The molecule has 32 heavy (non-hydrogen) atoms. The minimum absolute atomic E-state index is 0.0225. The topological polar surface area (TPSA) is 80.7 Å². The number of hydrogen-bond donors (Lipinski definition) is 2. The first-order chi connectivity index (χ1) is 15.3. The number of benzene rings is 2. The van der Waals surface area contributed by atoms with E-state index in [-0.39, 0.29) is 5.69 Å². The van der Waals surface area contributed by atoms with Crippen molar-refractivity contribution in [2.45, 2.75) is 26.8 Å². The monoisotopic (exact) mass is 474 g/mol. The van der Waals surface area contributed by atoms with E-state index in [0.29, 0.717) is 46.3 Å². The summed E-state index contributed by atoms with van der Waals surface area (Å²) in [7, 11) is 0. The highest BCUT2D eigenvalue weighted by Crippen LogP contribution is 2.34. The average molecular weight is 475 g/mol. The summed E-state index contributed by atoms with van der Waals surface area (Å²) in [5.41, 5.74) is 1.42. The van der Waals surface area contributed by atoms with Crippen LogP contribution in [0.25, 0.3) is 0 Å². The molecule has 3 aromatic rings. The second-order valence-electron chi connectivity index (χ2n) is 7.57. The third-order valence-corrected chi connectivity index (χ3v) is 5.31. The number of halogens is 2. The molecule has 0 saturated heterocycles. The van der Waals surface area contributed by atoms with Gasteiger partial charge < -0.3 is 19.9 Å². The molecule has 0 amide bonds. The maximum absolute atomic E-state index is 10.9. The number of nitrogens with zero attached hydrogens (tertiary/aromatic N) is 1. The lowest BCUT2D eigenvalue weighted by Crippen LogP contribution is -2.04. The van der Waals surface area contributed by atoms with E-state index in [1.165, 1.54) is 12.3 Å². The molecule has 0 atom stereocenters.